The first kappa shape index (κ1) is 10.1. The van der Waals surface area contributed by atoms with Gasteiger partial charge in [0.05, 0.1) is 16.6 Å². The number of nitrogens with zero attached hydrogens (tertiary/aromatic N) is 2. The Labute approximate surface area is 87.8 Å². The van der Waals surface area contributed by atoms with Crippen molar-refractivity contribution in [1.29, 1.82) is 0 Å². The fourth-order valence-electron chi connectivity index (χ4n) is 1.29. The van der Waals surface area contributed by atoms with E-state index in [0.29, 0.717) is 0 Å². The number of rotatable bonds is 2. The molecule has 0 amide bonds. The van der Waals surface area contributed by atoms with E-state index in [1.165, 1.54) is 18.4 Å². The molecule has 0 spiro atoms. The molecule has 0 fully saturated rings. The van der Waals surface area contributed by atoms with Crippen LogP contribution in [0.15, 0.2) is 29.3 Å². The van der Waals surface area contributed by atoms with Crippen molar-refractivity contribution in [2.45, 2.75) is 4.90 Å². The molecule has 0 aliphatic rings. The third-order valence-corrected chi connectivity index (χ3v) is 4.00. The average Bonchev–Trinajstić information content (AvgIpc) is 2.63. The first-order chi connectivity index (χ1) is 7.01. The molecule has 2 aromatic rings. The van der Waals surface area contributed by atoms with Gasteiger partial charge in [0.1, 0.15) is 0 Å². The van der Waals surface area contributed by atoms with Crippen LogP contribution in [0.5, 0.6) is 0 Å². The van der Waals surface area contributed by atoms with Gasteiger partial charge in [0.15, 0.2) is 0 Å². The van der Waals surface area contributed by atoms with Crippen LogP contribution >= 0.6 is 0 Å². The Balaban J connectivity index is 2.63. The van der Waals surface area contributed by atoms with Crippen molar-refractivity contribution in [3.63, 3.8) is 0 Å². The SMILES string of the molecule is CN(C)S(=O)(=O)c1ccc2[nH]ncc2c1. The van der Waals surface area contributed by atoms with E-state index in [9.17, 15) is 8.42 Å². The summed E-state index contributed by atoms with van der Waals surface area (Å²) >= 11 is 0. The van der Waals surface area contributed by atoms with E-state index in [-0.39, 0.29) is 4.90 Å². The normalized spacial score (nSPS) is 12.5. The molecule has 0 unspecified atom stereocenters. The third kappa shape index (κ3) is 1.62. The second-order valence-electron chi connectivity index (χ2n) is 3.41. The molecule has 0 aliphatic carbocycles. The Bertz CT molecular complexity index is 586. The number of benzene rings is 1. The van der Waals surface area contributed by atoms with E-state index >= 15 is 0 Å². The topological polar surface area (TPSA) is 66.1 Å². The maximum Gasteiger partial charge on any atom is 0.242 e. The second-order valence-corrected chi connectivity index (χ2v) is 5.56. The molecule has 0 saturated carbocycles. The quantitative estimate of drug-likeness (QED) is 0.822. The minimum atomic E-state index is -3.35. The van der Waals surface area contributed by atoms with E-state index in [2.05, 4.69) is 10.2 Å². The molecule has 0 saturated heterocycles. The monoisotopic (exact) mass is 225 g/mol. The Hall–Kier alpha value is -1.40. The van der Waals surface area contributed by atoms with Crippen molar-refractivity contribution in [1.82, 2.24) is 14.5 Å². The molecule has 0 aliphatic heterocycles. The van der Waals surface area contributed by atoms with Crippen molar-refractivity contribution in [2.24, 2.45) is 0 Å². The number of nitrogens with one attached hydrogen (secondary N) is 1. The van der Waals surface area contributed by atoms with Gasteiger partial charge in [-0.3, -0.25) is 5.10 Å². The third-order valence-electron chi connectivity index (χ3n) is 2.19. The number of H-pyrrole nitrogens is 1. The number of sulfonamides is 1. The Morgan fingerprint density at radius 1 is 1.33 bits per heavy atom. The summed E-state index contributed by atoms with van der Waals surface area (Å²) in [5.41, 5.74) is 0.827. The average molecular weight is 225 g/mol. The summed E-state index contributed by atoms with van der Waals surface area (Å²) in [7, 11) is -0.337. The summed E-state index contributed by atoms with van der Waals surface area (Å²) in [6.07, 6.45) is 1.60. The highest BCUT2D eigenvalue weighted by molar-refractivity contribution is 7.89. The molecule has 80 valence electrons. The molecule has 0 radical (unpaired) electrons. The van der Waals surface area contributed by atoms with Crippen LogP contribution in [0, 0.1) is 0 Å². The van der Waals surface area contributed by atoms with Crippen molar-refractivity contribution in [3.8, 4) is 0 Å². The van der Waals surface area contributed by atoms with Gasteiger partial charge in [-0.05, 0) is 18.2 Å². The molecule has 5 nitrogen and oxygen atoms in total. The standard InChI is InChI=1S/C9H11N3O2S/c1-12(2)15(13,14)8-3-4-9-7(5-8)6-10-11-9/h3-6H,1-2H3,(H,10,11). The maximum atomic E-state index is 11.8. The summed E-state index contributed by atoms with van der Waals surface area (Å²) in [5.74, 6) is 0. The number of hydrogen-bond donors (Lipinski definition) is 1. The lowest BCUT2D eigenvalue weighted by Gasteiger charge is -2.10. The van der Waals surface area contributed by atoms with Gasteiger partial charge in [-0.2, -0.15) is 5.10 Å². The van der Waals surface area contributed by atoms with E-state index in [4.69, 9.17) is 0 Å². The smallest absolute Gasteiger partial charge is 0.242 e. The van der Waals surface area contributed by atoms with Crippen LogP contribution < -0.4 is 0 Å². The molecule has 1 heterocycles. The Morgan fingerprint density at radius 3 is 2.73 bits per heavy atom. The molecule has 0 bridgehead atoms. The van der Waals surface area contributed by atoms with E-state index in [1.54, 1.807) is 24.4 Å². The number of aromatic amines is 1. The zero-order valence-corrected chi connectivity index (χ0v) is 9.25. The second kappa shape index (κ2) is 3.32. The fourth-order valence-corrected chi connectivity index (χ4v) is 2.23. The van der Waals surface area contributed by atoms with Crippen molar-refractivity contribution in [3.05, 3.63) is 24.4 Å². The maximum absolute atomic E-state index is 11.8. The van der Waals surface area contributed by atoms with E-state index < -0.39 is 10.0 Å². The predicted octanol–water partition coefficient (Wildman–Crippen LogP) is 0.813. The number of hydrogen-bond acceptors (Lipinski definition) is 3. The van der Waals surface area contributed by atoms with E-state index in [1.807, 2.05) is 0 Å². The van der Waals surface area contributed by atoms with Gasteiger partial charge < -0.3 is 0 Å². The number of aromatic nitrogens is 2. The van der Waals surface area contributed by atoms with Gasteiger partial charge in [-0.15, -0.1) is 0 Å². The number of fused-ring (bicyclic) bond motifs is 1. The van der Waals surface area contributed by atoms with Gasteiger partial charge >= 0.3 is 0 Å². The van der Waals surface area contributed by atoms with Crippen LogP contribution in [0.2, 0.25) is 0 Å². The highest BCUT2D eigenvalue weighted by atomic mass is 32.2. The van der Waals surface area contributed by atoms with Gasteiger partial charge in [0, 0.05) is 19.5 Å². The first-order valence-corrected chi connectivity index (χ1v) is 5.81. The summed E-state index contributed by atoms with van der Waals surface area (Å²) in [6.45, 7) is 0. The lowest BCUT2D eigenvalue weighted by molar-refractivity contribution is 0.521. The van der Waals surface area contributed by atoms with Gasteiger partial charge in [0.2, 0.25) is 10.0 Å². The zero-order chi connectivity index (χ0) is 11.1. The minimum absolute atomic E-state index is 0.279. The van der Waals surface area contributed by atoms with Crippen molar-refractivity contribution < 1.29 is 8.42 Å². The minimum Gasteiger partial charge on any atom is -0.278 e. The highest BCUT2D eigenvalue weighted by Gasteiger charge is 2.17. The molecule has 0 atom stereocenters. The molecule has 6 heteroatoms. The highest BCUT2D eigenvalue weighted by Crippen LogP contribution is 2.18. The molecule has 2 rings (SSSR count). The van der Waals surface area contributed by atoms with Crippen LogP contribution in [-0.4, -0.2) is 37.0 Å². The van der Waals surface area contributed by atoms with Crippen LogP contribution in [-0.2, 0) is 10.0 Å². The summed E-state index contributed by atoms with van der Waals surface area (Å²) < 4.78 is 24.8. The summed E-state index contributed by atoms with van der Waals surface area (Å²) in [6, 6.07) is 4.88. The predicted molar refractivity (Wildman–Crippen MR) is 57.0 cm³/mol. The van der Waals surface area contributed by atoms with Gasteiger partial charge in [0.25, 0.3) is 0 Å². The van der Waals surface area contributed by atoms with Crippen molar-refractivity contribution >= 4 is 20.9 Å². The molecular weight excluding hydrogens is 214 g/mol. The molecule has 15 heavy (non-hydrogen) atoms. The summed E-state index contributed by atoms with van der Waals surface area (Å²) in [5, 5.41) is 7.39. The molecule has 1 N–H and O–H groups in total. The largest absolute Gasteiger partial charge is 0.278 e. The van der Waals surface area contributed by atoms with Crippen LogP contribution in [0.4, 0.5) is 0 Å². The van der Waals surface area contributed by atoms with Crippen molar-refractivity contribution in [2.75, 3.05) is 14.1 Å². The molecule has 1 aromatic heterocycles. The van der Waals surface area contributed by atoms with Gasteiger partial charge in [-0.1, -0.05) is 0 Å². The lowest BCUT2D eigenvalue weighted by atomic mass is 10.3. The molecular formula is C9H11N3O2S. The first-order valence-electron chi connectivity index (χ1n) is 4.37. The Kier molecular flexibility index (Phi) is 2.24. The molecule has 1 aromatic carbocycles. The summed E-state index contributed by atoms with van der Waals surface area (Å²) in [4.78, 5) is 0.279. The van der Waals surface area contributed by atoms with Crippen LogP contribution in [0.3, 0.4) is 0 Å². The Morgan fingerprint density at radius 2 is 2.07 bits per heavy atom. The lowest BCUT2D eigenvalue weighted by Crippen LogP contribution is -2.22. The van der Waals surface area contributed by atoms with Crippen LogP contribution in [0.1, 0.15) is 0 Å². The van der Waals surface area contributed by atoms with Gasteiger partial charge in [-0.25, -0.2) is 12.7 Å². The zero-order valence-electron chi connectivity index (χ0n) is 8.43. The fraction of sp³-hybridized carbons (Fsp3) is 0.222. The van der Waals surface area contributed by atoms with Crippen LogP contribution in [0.25, 0.3) is 10.9 Å². The van der Waals surface area contributed by atoms with E-state index in [0.717, 1.165) is 10.9 Å².